The summed E-state index contributed by atoms with van der Waals surface area (Å²) < 4.78 is 23.0. The van der Waals surface area contributed by atoms with Crippen molar-refractivity contribution in [3.8, 4) is 23.0 Å². The maximum absolute atomic E-state index is 15.5. The van der Waals surface area contributed by atoms with Crippen molar-refractivity contribution in [1.29, 1.82) is 0 Å². The summed E-state index contributed by atoms with van der Waals surface area (Å²) in [6.45, 7) is 4.80. The molecule has 2 aliphatic rings. The summed E-state index contributed by atoms with van der Waals surface area (Å²) in [5.41, 5.74) is 9.23. The van der Waals surface area contributed by atoms with Crippen molar-refractivity contribution < 1.29 is 13.9 Å². The first-order valence-electron chi connectivity index (χ1n) is 12.5. The number of likely N-dealkylation sites (tertiary alicyclic amines) is 1. The zero-order chi connectivity index (χ0) is 25.5. The second kappa shape index (κ2) is 9.31. The minimum Gasteiger partial charge on any atom is -0.439 e. The molecule has 2 fully saturated rings. The van der Waals surface area contributed by atoms with Crippen LogP contribution < -0.4 is 10.5 Å². The van der Waals surface area contributed by atoms with E-state index in [2.05, 4.69) is 16.5 Å². The van der Waals surface area contributed by atoms with Crippen molar-refractivity contribution >= 4 is 17.4 Å². The van der Waals surface area contributed by atoms with Gasteiger partial charge in [-0.05, 0) is 67.5 Å². The van der Waals surface area contributed by atoms with Gasteiger partial charge in [0.1, 0.15) is 11.6 Å². The third-order valence-corrected chi connectivity index (χ3v) is 7.12. The Balaban J connectivity index is 1.34. The highest BCUT2D eigenvalue weighted by Gasteiger charge is 2.29. The lowest BCUT2D eigenvalue weighted by Gasteiger charge is -2.31. The molecule has 1 saturated heterocycles. The fraction of sp³-hybridized carbons (Fsp3) is 0.286. The quantitative estimate of drug-likeness (QED) is 0.373. The van der Waals surface area contributed by atoms with E-state index in [0.29, 0.717) is 36.5 Å². The van der Waals surface area contributed by atoms with Gasteiger partial charge >= 0.3 is 0 Å². The molecule has 3 aromatic heterocycles. The number of carbonyl (C=O) groups excluding carboxylic acids is 1. The van der Waals surface area contributed by atoms with Gasteiger partial charge in [-0.2, -0.15) is 0 Å². The maximum atomic E-state index is 15.5. The number of nitrogens with zero attached hydrogens (tertiary/aromatic N) is 5. The van der Waals surface area contributed by atoms with Gasteiger partial charge in [-0.1, -0.05) is 6.58 Å². The van der Waals surface area contributed by atoms with Crippen molar-refractivity contribution in [1.82, 2.24) is 24.3 Å². The van der Waals surface area contributed by atoms with E-state index >= 15 is 4.39 Å². The van der Waals surface area contributed by atoms with Crippen molar-refractivity contribution in [2.75, 3.05) is 18.8 Å². The molecule has 1 unspecified atom stereocenters. The van der Waals surface area contributed by atoms with E-state index in [1.807, 2.05) is 18.2 Å². The van der Waals surface area contributed by atoms with Gasteiger partial charge in [0.25, 0.3) is 0 Å². The van der Waals surface area contributed by atoms with Crippen molar-refractivity contribution in [3.63, 3.8) is 0 Å². The molecule has 37 heavy (non-hydrogen) atoms. The van der Waals surface area contributed by atoms with Crippen LogP contribution in [0.25, 0.3) is 16.9 Å². The Labute approximate surface area is 213 Å². The lowest BCUT2D eigenvalue weighted by Crippen LogP contribution is -2.38. The fourth-order valence-electron chi connectivity index (χ4n) is 5.11. The fourth-order valence-corrected chi connectivity index (χ4v) is 5.11. The SMILES string of the molecule is C=CC(=O)N1CCCC(c2nc(-c3ccc(Oc4cc(C5CC5)ccn4)cc3F)n3c(N)nccc23)C1. The number of imidazole rings is 1. The largest absolute Gasteiger partial charge is 0.439 e. The number of benzene rings is 1. The molecule has 1 aromatic carbocycles. The van der Waals surface area contributed by atoms with Crippen LogP contribution in [-0.4, -0.2) is 43.2 Å². The molecule has 6 rings (SSSR count). The Kier molecular flexibility index (Phi) is 5.82. The van der Waals surface area contributed by atoms with Gasteiger partial charge in [-0.3, -0.25) is 9.20 Å². The molecule has 188 valence electrons. The minimum absolute atomic E-state index is 0.0151. The van der Waals surface area contributed by atoms with Gasteiger partial charge in [0, 0.05) is 43.5 Å². The second-order valence-corrected chi connectivity index (χ2v) is 9.62. The van der Waals surface area contributed by atoms with Gasteiger partial charge in [0.2, 0.25) is 17.7 Å². The summed E-state index contributed by atoms with van der Waals surface area (Å²) in [6, 6.07) is 10.4. The number of nitrogens with two attached hydrogens (primary N) is 1. The predicted octanol–water partition coefficient (Wildman–Crippen LogP) is 5.07. The molecular weight excluding hydrogens is 471 g/mol. The Morgan fingerprint density at radius 3 is 2.73 bits per heavy atom. The number of rotatable bonds is 6. The summed E-state index contributed by atoms with van der Waals surface area (Å²) in [5, 5.41) is 0. The molecule has 0 spiro atoms. The highest BCUT2D eigenvalue weighted by Crippen LogP contribution is 2.41. The number of piperidine rings is 1. The summed E-state index contributed by atoms with van der Waals surface area (Å²) in [7, 11) is 0. The number of carbonyl (C=O) groups is 1. The first-order valence-corrected chi connectivity index (χ1v) is 12.5. The van der Waals surface area contributed by atoms with Crippen molar-refractivity contribution in [3.05, 3.63) is 78.5 Å². The van der Waals surface area contributed by atoms with Crippen LogP contribution in [0.2, 0.25) is 0 Å². The highest BCUT2D eigenvalue weighted by atomic mass is 19.1. The van der Waals surface area contributed by atoms with Crippen LogP contribution in [-0.2, 0) is 4.79 Å². The van der Waals surface area contributed by atoms with E-state index < -0.39 is 5.82 Å². The van der Waals surface area contributed by atoms with Crippen LogP contribution >= 0.6 is 0 Å². The van der Waals surface area contributed by atoms with Crippen molar-refractivity contribution in [2.45, 2.75) is 37.5 Å². The van der Waals surface area contributed by atoms with Crippen molar-refractivity contribution in [2.24, 2.45) is 0 Å². The van der Waals surface area contributed by atoms with E-state index in [1.54, 1.807) is 33.8 Å². The van der Waals surface area contributed by atoms with Gasteiger partial charge in [-0.25, -0.2) is 19.3 Å². The van der Waals surface area contributed by atoms with Crippen LogP contribution in [0.1, 0.15) is 48.8 Å². The average molecular weight is 499 g/mol. The summed E-state index contributed by atoms with van der Waals surface area (Å²) in [5.74, 6) is 1.31. The van der Waals surface area contributed by atoms with E-state index in [-0.39, 0.29) is 23.3 Å². The lowest BCUT2D eigenvalue weighted by molar-refractivity contribution is -0.127. The molecule has 1 atom stereocenters. The number of hydrogen-bond acceptors (Lipinski definition) is 6. The summed E-state index contributed by atoms with van der Waals surface area (Å²) in [6.07, 6.45) is 8.72. The van der Waals surface area contributed by atoms with E-state index in [9.17, 15) is 4.79 Å². The average Bonchev–Trinajstić information content (AvgIpc) is 3.69. The molecule has 1 aliphatic heterocycles. The normalized spacial score (nSPS) is 17.6. The number of amides is 1. The molecule has 0 bridgehead atoms. The Hall–Kier alpha value is -4.27. The third kappa shape index (κ3) is 4.41. The molecule has 4 aromatic rings. The van der Waals surface area contributed by atoms with Gasteiger partial charge in [0.05, 0.1) is 16.8 Å². The first kappa shape index (κ1) is 23.1. The van der Waals surface area contributed by atoms with Gasteiger partial charge < -0.3 is 15.4 Å². The van der Waals surface area contributed by atoms with E-state index in [0.717, 1.165) is 24.1 Å². The number of hydrogen-bond donors (Lipinski definition) is 1. The number of halogens is 1. The highest BCUT2D eigenvalue weighted by molar-refractivity contribution is 5.87. The first-order chi connectivity index (χ1) is 18.0. The predicted molar refractivity (Wildman–Crippen MR) is 138 cm³/mol. The molecule has 8 nitrogen and oxygen atoms in total. The Morgan fingerprint density at radius 1 is 1.11 bits per heavy atom. The molecule has 1 saturated carbocycles. The van der Waals surface area contributed by atoms with Crippen LogP contribution in [0, 0.1) is 5.82 Å². The van der Waals surface area contributed by atoms with E-state index in [1.165, 1.54) is 30.5 Å². The molecule has 0 radical (unpaired) electrons. The monoisotopic (exact) mass is 498 g/mol. The van der Waals surface area contributed by atoms with Crippen LogP contribution in [0.15, 0.2) is 61.4 Å². The number of anilines is 1. The van der Waals surface area contributed by atoms with E-state index in [4.69, 9.17) is 15.5 Å². The summed E-state index contributed by atoms with van der Waals surface area (Å²) in [4.78, 5) is 27.3. The number of fused-ring (bicyclic) bond motifs is 1. The van der Waals surface area contributed by atoms with Crippen LogP contribution in [0.3, 0.4) is 0 Å². The number of aromatic nitrogens is 4. The molecule has 1 amide bonds. The minimum atomic E-state index is -0.496. The van der Waals surface area contributed by atoms with Crippen LogP contribution in [0.5, 0.6) is 11.6 Å². The zero-order valence-electron chi connectivity index (χ0n) is 20.3. The number of nitrogen functional groups attached to an aromatic ring is 1. The number of ether oxygens (including phenoxy) is 1. The topological polar surface area (TPSA) is 98.6 Å². The summed E-state index contributed by atoms with van der Waals surface area (Å²) >= 11 is 0. The molecule has 2 N–H and O–H groups in total. The van der Waals surface area contributed by atoms with Crippen LogP contribution in [0.4, 0.5) is 10.3 Å². The smallest absolute Gasteiger partial charge is 0.245 e. The molecule has 9 heteroatoms. The molecule has 1 aliphatic carbocycles. The lowest BCUT2D eigenvalue weighted by atomic mass is 9.94. The van der Waals surface area contributed by atoms with Gasteiger partial charge in [-0.15, -0.1) is 0 Å². The second-order valence-electron chi connectivity index (χ2n) is 9.62. The van der Waals surface area contributed by atoms with Gasteiger partial charge in [0.15, 0.2) is 5.82 Å². The Bertz CT molecular complexity index is 1510. The maximum Gasteiger partial charge on any atom is 0.245 e. The Morgan fingerprint density at radius 2 is 1.95 bits per heavy atom. The standard InChI is InChI=1S/C28H27FN6O2/c1-2-25(36)34-13-3-4-19(16-34)26-23-10-12-32-28(30)35(23)27(33-26)21-8-7-20(15-22(21)29)37-24-14-18(9-11-31-24)17-5-6-17/h2,7-12,14-15,17,19H,1,3-6,13,16H2,(H2,30,32). The zero-order valence-corrected chi connectivity index (χ0v) is 20.3. The number of pyridine rings is 1. The molecular formula is C28H27FN6O2. The third-order valence-electron chi connectivity index (χ3n) is 7.12. The molecule has 4 heterocycles.